The lowest BCUT2D eigenvalue weighted by Gasteiger charge is -2.46. The van der Waals surface area contributed by atoms with Crippen molar-refractivity contribution in [1.82, 2.24) is 14.9 Å². The maximum Gasteiger partial charge on any atom is 0.211 e. The summed E-state index contributed by atoms with van der Waals surface area (Å²) in [5.74, 6) is 1.04. The fourth-order valence-electron chi connectivity index (χ4n) is 4.63. The number of rotatable bonds is 5. The fourth-order valence-corrected chi connectivity index (χ4v) is 5.54. The van der Waals surface area contributed by atoms with Crippen molar-refractivity contribution in [1.29, 1.82) is 0 Å². The van der Waals surface area contributed by atoms with E-state index in [1.807, 2.05) is 0 Å². The molecule has 134 valence electrons. The molecule has 5 nitrogen and oxygen atoms in total. The van der Waals surface area contributed by atoms with Gasteiger partial charge in [0.1, 0.15) is 0 Å². The van der Waals surface area contributed by atoms with Crippen molar-refractivity contribution in [3.63, 3.8) is 0 Å². The van der Waals surface area contributed by atoms with Gasteiger partial charge < -0.3 is 10.2 Å². The maximum absolute atomic E-state index is 11.7. The molecule has 0 aromatic carbocycles. The molecule has 1 spiro atoms. The Kier molecular flexibility index (Phi) is 5.66. The normalized spacial score (nSPS) is 30.0. The second-order valence-electron chi connectivity index (χ2n) is 7.95. The van der Waals surface area contributed by atoms with Crippen LogP contribution in [0.25, 0.3) is 0 Å². The summed E-state index contributed by atoms with van der Waals surface area (Å²) in [6.45, 7) is 7.84. The van der Waals surface area contributed by atoms with Gasteiger partial charge in [-0.1, -0.05) is 0 Å². The lowest BCUT2D eigenvalue weighted by atomic mass is 9.67. The molecule has 23 heavy (non-hydrogen) atoms. The maximum atomic E-state index is 11.7. The average molecular weight is 344 g/mol. The van der Waals surface area contributed by atoms with Crippen molar-refractivity contribution in [2.75, 3.05) is 38.5 Å². The monoisotopic (exact) mass is 343 g/mol. The van der Waals surface area contributed by atoms with Crippen LogP contribution in [0.15, 0.2) is 0 Å². The lowest BCUT2D eigenvalue weighted by Crippen LogP contribution is -2.46. The van der Waals surface area contributed by atoms with Crippen LogP contribution >= 0.6 is 0 Å². The Balaban J connectivity index is 1.43. The van der Waals surface area contributed by atoms with Crippen LogP contribution in [0.2, 0.25) is 0 Å². The van der Waals surface area contributed by atoms with Crippen molar-refractivity contribution in [3.05, 3.63) is 0 Å². The Bertz CT molecular complexity index is 470. The highest BCUT2D eigenvalue weighted by molar-refractivity contribution is 7.89. The van der Waals surface area contributed by atoms with Gasteiger partial charge in [-0.3, -0.25) is 0 Å². The van der Waals surface area contributed by atoms with Crippen LogP contribution < -0.4 is 10.0 Å². The van der Waals surface area contributed by atoms with Crippen LogP contribution in [-0.4, -0.2) is 57.8 Å². The fraction of sp³-hybridized carbons (Fsp3) is 1.00. The van der Waals surface area contributed by atoms with E-state index in [2.05, 4.69) is 14.9 Å². The van der Waals surface area contributed by atoms with Crippen LogP contribution in [-0.2, 0) is 10.0 Å². The third-order valence-electron chi connectivity index (χ3n) is 6.37. The molecule has 0 aromatic heterocycles. The minimum atomic E-state index is -3.05. The van der Waals surface area contributed by atoms with Gasteiger partial charge in [-0.15, -0.1) is 0 Å². The first-order chi connectivity index (χ1) is 11.0. The number of hydrogen-bond acceptors (Lipinski definition) is 4. The Morgan fingerprint density at radius 1 is 1.13 bits per heavy atom. The van der Waals surface area contributed by atoms with Gasteiger partial charge in [-0.2, -0.15) is 0 Å². The highest BCUT2D eigenvalue weighted by atomic mass is 32.2. The molecule has 0 amide bonds. The number of likely N-dealkylation sites (tertiary alicyclic amines) is 1. The molecule has 1 saturated carbocycles. The summed E-state index contributed by atoms with van der Waals surface area (Å²) < 4.78 is 26.3. The number of sulfonamides is 1. The molecule has 3 aliphatic rings. The van der Waals surface area contributed by atoms with Gasteiger partial charge in [-0.25, -0.2) is 13.1 Å². The molecule has 0 radical (unpaired) electrons. The standard InChI is InChI=1S/C17H33N3O2S/c1-2-23(21,22)19-16-3-6-17(7-4-16)8-11-20(12-9-17)14-15-5-10-18-13-15/h15-16,18-19H,2-14H2,1H3. The molecule has 1 aliphatic carbocycles. The molecule has 2 N–H and O–H groups in total. The number of piperidine rings is 1. The highest BCUT2D eigenvalue weighted by Gasteiger charge is 2.39. The summed E-state index contributed by atoms with van der Waals surface area (Å²) in [7, 11) is -3.05. The molecule has 0 aromatic rings. The van der Waals surface area contributed by atoms with E-state index in [-0.39, 0.29) is 11.8 Å². The van der Waals surface area contributed by atoms with E-state index in [0.717, 1.165) is 18.8 Å². The lowest BCUT2D eigenvalue weighted by molar-refractivity contribution is 0.0550. The van der Waals surface area contributed by atoms with Crippen LogP contribution in [0, 0.1) is 11.3 Å². The Morgan fingerprint density at radius 2 is 1.83 bits per heavy atom. The Labute approximate surface area is 141 Å². The minimum Gasteiger partial charge on any atom is -0.316 e. The van der Waals surface area contributed by atoms with Gasteiger partial charge in [0.15, 0.2) is 0 Å². The molecule has 2 aliphatic heterocycles. The van der Waals surface area contributed by atoms with Gasteiger partial charge in [0, 0.05) is 12.6 Å². The molecule has 2 heterocycles. The van der Waals surface area contributed by atoms with E-state index in [1.165, 1.54) is 64.8 Å². The second-order valence-corrected chi connectivity index (χ2v) is 10.00. The second kappa shape index (κ2) is 7.38. The zero-order valence-corrected chi connectivity index (χ0v) is 15.3. The number of nitrogens with zero attached hydrogens (tertiary/aromatic N) is 1. The van der Waals surface area contributed by atoms with E-state index >= 15 is 0 Å². The van der Waals surface area contributed by atoms with E-state index in [1.54, 1.807) is 6.92 Å². The molecule has 2 saturated heterocycles. The van der Waals surface area contributed by atoms with Crippen molar-refractivity contribution >= 4 is 10.0 Å². The molecular weight excluding hydrogens is 310 g/mol. The predicted molar refractivity (Wildman–Crippen MR) is 93.9 cm³/mol. The molecule has 3 fully saturated rings. The van der Waals surface area contributed by atoms with Crippen LogP contribution in [0.5, 0.6) is 0 Å². The molecule has 1 atom stereocenters. The number of nitrogens with one attached hydrogen (secondary N) is 2. The Hall–Kier alpha value is -0.170. The van der Waals surface area contributed by atoms with Crippen molar-refractivity contribution in [3.8, 4) is 0 Å². The first-order valence-electron chi connectivity index (χ1n) is 9.43. The summed E-state index contributed by atoms with van der Waals surface area (Å²) in [6, 6.07) is 0.174. The SMILES string of the molecule is CCS(=O)(=O)NC1CCC2(CC1)CCN(CC1CCNC1)CC2. The molecular formula is C17H33N3O2S. The van der Waals surface area contributed by atoms with Gasteiger partial charge in [0.2, 0.25) is 10.0 Å². The van der Waals surface area contributed by atoms with Crippen LogP contribution in [0.3, 0.4) is 0 Å². The van der Waals surface area contributed by atoms with Gasteiger partial charge in [-0.05, 0) is 89.4 Å². The molecule has 6 heteroatoms. The third kappa shape index (κ3) is 4.68. The smallest absolute Gasteiger partial charge is 0.211 e. The van der Waals surface area contributed by atoms with E-state index in [0.29, 0.717) is 5.41 Å². The van der Waals surface area contributed by atoms with E-state index in [9.17, 15) is 8.42 Å². The minimum absolute atomic E-state index is 0.174. The largest absolute Gasteiger partial charge is 0.316 e. The highest BCUT2D eigenvalue weighted by Crippen LogP contribution is 2.44. The third-order valence-corrected chi connectivity index (χ3v) is 7.82. The first-order valence-corrected chi connectivity index (χ1v) is 11.1. The molecule has 3 rings (SSSR count). The van der Waals surface area contributed by atoms with Gasteiger partial charge in [0.05, 0.1) is 5.75 Å². The topological polar surface area (TPSA) is 61.4 Å². The van der Waals surface area contributed by atoms with Gasteiger partial charge in [0.25, 0.3) is 0 Å². The Morgan fingerprint density at radius 3 is 2.39 bits per heavy atom. The number of hydrogen-bond donors (Lipinski definition) is 2. The quantitative estimate of drug-likeness (QED) is 0.795. The summed E-state index contributed by atoms with van der Waals surface area (Å²) in [6.07, 6.45) is 8.38. The summed E-state index contributed by atoms with van der Waals surface area (Å²) in [4.78, 5) is 2.66. The molecule has 1 unspecified atom stereocenters. The van der Waals surface area contributed by atoms with Crippen molar-refractivity contribution in [2.45, 2.75) is 57.9 Å². The van der Waals surface area contributed by atoms with Crippen LogP contribution in [0.4, 0.5) is 0 Å². The van der Waals surface area contributed by atoms with Gasteiger partial charge >= 0.3 is 0 Å². The van der Waals surface area contributed by atoms with E-state index in [4.69, 9.17) is 0 Å². The molecule has 0 bridgehead atoms. The average Bonchev–Trinajstić information content (AvgIpc) is 3.05. The van der Waals surface area contributed by atoms with E-state index < -0.39 is 10.0 Å². The zero-order chi connectivity index (χ0) is 16.3. The van der Waals surface area contributed by atoms with Crippen molar-refractivity contribution < 1.29 is 8.42 Å². The predicted octanol–water partition coefficient (Wildman–Crippen LogP) is 1.56. The first kappa shape index (κ1) is 17.6. The summed E-state index contributed by atoms with van der Waals surface area (Å²) in [5, 5.41) is 3.46. The summed E-state index contributed by atoms with van der Waals surface area (Å²) in [5.41, 5.74) is 0.499. The summed E-state index contributed by atoms with van der Waals surface area (Å²) >= 11 is 0. The van der Waals surface area contributed by atoms with Crippen molar-refractivity contribution in [2.24, 2.45) is 11.3 Å². The van der Waals surface area contributed by atoms with Crippen LogP contribution in [0.1, 0.15) is 51.9 Å². The zero-order valence-electron chi connectivity index (χ0n) is 14.5.